The molecule has 1 aromatic heterocycles. The molecule has 6 heteroatoms. The van der Waals surface area contributed by atoms with Crippen molar-refractivity contribution in [2.24, 2.45) is 0 Å². The number of nitrogens with zero attached hydrogens (tertiary/aromatic N) is 2. The van der Waals surface area contributed by atoms with Crippen LogP contribution in [-0.2, 0) is 16.3 Å². The number of aromatic nitrogens is 2. The van der Waals surface area contributed by atoms with Gasteiger partial charge in [0.05, 0.1) is 17.2 Å². The van der Waals surface area contributed by atoms with Crippen LogP contribution in [-0.4, -0.2) is 42.3 Å². The minimum absolute atomic E-state index is 0.306. The highest BCUT2D eigenvalue weighted by molar-refractivity contribution is 7.91. The Morgan fingerprint density at radius 2 is 1.96 bits per heavy atom. The first-order valence-electron chi connectivity index (χ1n) is 8.16. The van der Waals surface area contributed by atoms with Gasteiger partial charge in [0.2, 0.25) is 0 Å². The van der Waals surface area contributed by atoms with Gasteiger partial charge in [-0.05, 0) is 37.5 Å². The summed E-state index contributed by atoms with van der Waals surface area (Å²) >= 11 is 0. The Balaban J connectivity index is 1.55. The van der Waals surface area contributed by atoms with E-state index in [0.717, 1.165) is 43.6 Å². The van der Waals surface area contributed by atoms with Crippen LogP contribution < -0.4 is 5.32 Å². The minimum Gasteiger partial charge on any atom is -0.314 e. The zero-order valence-corrected chi connectivity index (χ0v) is 14.0. The van der Waals surface area contributed by atoms with E-state index in [9.17, 15) is 8.42 Å². The van der Waals surface area contributed by atoms with Crippen LogP contribution in [0, 0.1) is 0 Å². The molecule has 0 aliphatic carbocycles. The summed E-state index contributed by atoms with van der Waals surface area (Å²) in [7, 11) is -2.82. The number of benzene rings is 1. The van der Waals surface area contributed by atoms with Gasteiger partial charge in [-0.25, -0.2) is 13.1 Å². The van der Waals surface area contributed by atoms with Crippen LogP contribution in [0.15, 0.2) is 42.6 Å². The van der Waals surface area contributed by atoms with Gasteiger partial charge in [0.15, 0.2) is 0 Å². The molecule has 0 bridgehead atoms. The molecule has 2 heterocycles. The van der Waals surface area contributed by atoms with Crippen molar-refractivity contribution in [1.82, 2.24) is 15.1 Å². The second-order valence-electron chi connectivity index (χ2n) is 6.05. The molecule has 1 fully saturated rings. The maximum Gasteiger partial charge on any atom is 0.150 e. The van der Waals surface area contributed by atoms with Gasteiger partial charge in [0, 0.05) is 30.9 Å². The van der Waals surface area contributed by atoms with E-state index < -0.39 is 9.84 Å². The monoisotopic (exact) mass is 333 g/mol. The summed E-state index contributed by atoms with van der Waals surface area (Å²) < 4.78 is 25.2. The van der Waals surface area contributed by atoms with Crippen molar-refractivity contribution in [3.8, 4) is 5.69 Å². The summed E-state index contributed by atoms with van der Waals surface area (Å²) in [6, 6.07) is 12.4. The van der Waals surface area contributed by atoms with Crippen LogP contribution in [0.3, 0.4) is 0 Å². The second-order valence-corrected chi connectivity index (χ2v) is 8.36. The number of hydrogen-bond acceptors (Lipinski definition) is 4. The summed E-state index contributed by atoms with van der Waals surface area (Å²) in [6.07, 6.45) is 5.12. The maximum absolute atomic E-state index is 11.6. The normalized spacial score (nSPS) is 21.0. The van der Waals surface area contributed by atoms with Crippen LogP contribution in [0.1, 0.15) is 25.0 Å². The predicted octanol–water partition coefficient (Wildman–Crippen LogP) is 1.97. The summed E-state index contributed by atoms with van der Waals surface area (Å²) in [4.78, 5) is 0. The SMILES string of the molecule is O=S1(=O)CCCC(NCCc2ccnn2-c2ccccc2)CC1. The third kappa shape index (κ3) is 4.42. The molecule has 1 saturated heterocycles. The molecular formula is C17H23N3O2S. The van der Waals surface area contributed by atoms with Gasteiger partial charge in [0.1, 0.15) is 9.84 Å². The number of sulfone groups is 1. The van der Waals surface area contributed by atoms with Gasteiger partial charge in [-0.1, -0.05) is 18.2 Å². The first-order valence-corrected chi connectivity index (χ1v) is 9.98. The average molecular weight is 333 g/mol. The zero-order chi connectivity index (χ0) is 16.1. The third-order valence-electron chi connectivity index (χ3n) is 4.32. The van der Waals surface area contributed by atoms with E-state index in [1.165, 1.54) is 0 Å². The van der Waals surface area contributed by atoms with E-state index in [4.69, 9.17) is 0 Å². The lowest BCUT2D eigenvalue weighted by molar-refractivity contribution is 0.472. The fourth-order valence-corrected chi connectivity index (χ4v) is 4.50. The number of hydrogen-bond donors (Lipinski definition) is 1. The van der Waals surface area contributed by atoms with Crippen molar-refractivity contribution in [2.75, 3.05) is 18.1 Å². The van der Waals surface area contributed by atoms with E-state index in [1.54, 1.807) is 0 Å². The average Bonchev–Trinajstić information content (AvgIpc) is 2.94. The molecule has 1 unspecified atom stereocenters. The molecule has 0 amide bonds. The summed E-state index contributed by atoms with van der Waals surface area (Å²) in [5, 5.41) is 7.91. The molecular weight excluding hydrogens is 310 g/mol. The molecule has 0 spiro atoms. The minimum atomic E-state index is -2.82. The summed E-state index contributed by atoms with van der Waals surface area (Å²) in [5.74, 6) is 0.651. The lowest BCUT2D eigenvalue weighted by Gasteiger charge is -2.16. The van der Waals surface area contributed by atoms with Gasteiger partial charge in [-0.2, -0.15) is 5.10 Å². The van der Waals surface area contributed by atoms with Crippen molar-refractivity contribution in [1.29, 1.82) is 0 Å². The van der Waals surface area contributed by atoms with Gasteiger partial charge in [-0.3, -0.25) is 0 Å². The summed E-state index contributed by atoms with van der Waals surface area (Å²) in [5.41, 5.74) is 2.22. The Hall–Kier alpha value is -1.66. The number of nitrogens with one attached hydrogen (secondary N) is 1. The molecule has 0 radical (unpaired) electrons. The van der Waals surface area contributed by atoms with Crippen LogP contribution in [0.2, 0.25) is 0 Å². The largest absolute Gasteiger partial charge is 0.314 e. The molecule has 1 N–H and O–H groups in total. The number of para-hydroxylation sites is 1. The first kappa shape index (κ1) is 16.2. The molecule has 23 heavy (non-hydrogen) atoms. The van der Waals surface area contributed by atoms with Gasteiger partial charge < -0.3 is 5.32 Å². The smallest absolute Gasteiger partial charge is 0.150 e. The highest BCUT2D eigenvalue weighted by Gasteiger charge is 2.20. The van der Waals surface area contributed by atoms with Crippen molar-refractivity contribution in [3.05, 3.63) is 48.3 Å². The van der Waals surface area contributed by atoms with E-state index in [1.807, 2.05) is 47.3 Å². The molecule has 0 saturated carbocycles. The van der Waals surface area contributed by atoms with Crippen LogP contribution >= 0.6 is 0 Å². The highest BCUT2D eigenvalue weighted by Crippen LogP contribution is 2.13. The zero-order valence-electron chi connectivity index (χ0n) is 13.2. The Morgan fingerprint density at radius 1 is 1.13 bits per heavy atom. The number of rotatable bonds is 5. The lowest BCUT2D eigenvalue weighted by Crippen LogP contribution is -2.31. The predicted molar refractivity (Wildman–Crippen MR) is 91.6 cm³/mol. The fourth-order valence-electron chi connectivity index (χ4n) is 3.05. The Bertz CT molecular complexity index is 725. The molecule has 1 aliphatic rings. The van der Waals surface area contributed by atoms with Crippen molar-refractivity contribution < 1.29 is 8.42 Å². The van der Waals surface area contributed by atoms with E-state index in [2.05, 4.69) is 10.4 Å². The van der Waals surface area contributed by atoms with Crippen molar-refractivity contribution >= 4 is 9.84 Å². The lowest BCUT2D eigenvalue weighted by atomic mass is 10.1. The highest BCUT2D eigenvalue weighted by atomic mass is 32.2. The Kier molecular flexibility index (Phi) is 5.13. The first-order chi connectivity index (χ1) is 11.1. The quantitative estimate of drug-likeness (QED) is 0.909. The summed E-state index contributed by atoms with van der Waals surface area (Å²) in [6.45, 7) is 0.837. The molecule has 124 valence electrons. The third-order valence-corrected chi connectivity index (χ3v) is 6.09. The molecule has 3 rings (SSSR count). The second kappa shape index (κ2) is 7.27. The van der Waals surface area contributed by atoms with E-state index >= 15 is 0 Å². The molecule has 2 aromatic rings. The Labute approximate surface area is 137 Å². The standard InChI is InChI=1S/C17H23N3O2S/c21-23(22)13-4-5-15(10-14-23)18-11-8-17-9-12-19-20(17)16-6-2-1-3-7-16/h1-3,6-7,9,12,15,18H,4-5,8,10-11,13-14H2. The molecule has 1 atom stereocenters. The molecule has 1 aliphatic heterocycles. The van der Waals surface area contributed by atoms with Gasteiger partial charge in [-0.15, -0.1) is 0 Å². The van der Waals surface area contributed by atoms with Gasteiger partial charge in [0.25, 0.3) is 0 Å². The van der Waals surface area contributed by atoms with E-state index in [0.29, 0.717) is 17.5 Å². The van der Waals surface area contributed by atoms with E-state index in [-0.39, 0.29) is 0 Å². The van der Waals surface area contributed by atoms with Crippen LogP contribution in [0.5, 0.6) is 0 Å². The van der Waals surface area contributed by atoms with Gasteiger partial charge >= 0.3 is 0 Å². The van der Waals surface area contributed by atoms with Crippen LogP contribution in [0.4, 0.5) is 0 Å². The van der Waals surface area contributed by atoms with Crippen LogP contribution in [0.25, 0.3) is 5.69 Å². The maximum atomic E-state index is 11.6. The van der Waals surface area contributed by atoms with Crippen molar-refractivity contribution in [3.63, 3.8) is 0 Å². The molecule has 1 aromatic carbocycles. The topological polar surface area (TPSA) is 64.0 Å². The Morgan fingerprint density at radius 3 is 2.78 bits per heavy atom. The molecule has 5 nitrogen and oxygen atoms in total. The fraction of sp³-hybridized carbons (Fsp3) is 0.471. The van der Waals surface area contributed by atoms with Crippen molar-refractivity contribution in [2.45, 2.75) is 31.7 Å².